The van der Waals surface area contributed by atoms with Gasteiger partial charge in [0.2, 0.25) is 5.91 Å². The van der Waals surface area contributed by atoms with Gasteiger partial charge in [-0.3, -0.25) is 4.79 Å². The van der Waals surface area contributed by atoms with Crippen LogP contribution in [0.5, 0.6) is 0 Å². The Hall–Kier alpha value is -0.610. The minimum Gasteiger partial charge on any atom is -0.381 e. The molecular weight excluding hydrogens is 230 g/mol. The molecule has 1 saturated heterocycles. The summed E-state index contributed by atoms with van der Waals surface area (Å²) >= 11 is 0. The lowest BCUT2D eigenvalue weighted by atomic mass is 9.95. The smallest absolute Gasteiger partial charge is 0.220 e. The van der Waals surface area contributed by atoms with Crippen molar-refractivity contribution in [3.05, 3.63) is 0 Å². The number of rotatable bonds is 8. The fourth-order valence-corrected chi connectivity index (χ4v) is 2.08. The second-order valence-electron chi connectivity index (χ2n) is 5.22. The first-order chi connectivity index (χ1) is 8.68. The first-order valence-electron chi connectivity index (χ1n) is 7.14. The summed E-state index contributed by atoms with van der Waals surface area (Å²) in [5.74, 6) is 0.847. The molecule has 1 amide bonds. The van der Waals surface area contributed by atoms with E-state index in [1.165, 1.54) is 0 Å². The molecule has 4 heteroatoms. The highest BCUT2D eigenvalue weighted by atomic mass is 16.5. The number of nitrogens with one attached hydrogen (secondary N) is 1. The van der Waals surface area contributed by atoms with Gasteiger partial charge in [-0.05, 0) is 45.4 Å². The van der Waals surface area contributed by atoms with Crippen LogP contribution >= 0.6 is 0 Å². The Morgan fingerprint density at radius 1 is 1.39 bits per heavy atom. The van der Waals surface area contributed by atoms with E-state index in [9.17, 15) is 4.79 Å². The van der Waals surface area contributed by atoms with Crippen LogP contribution in [-0.4, -0.2) is 38.4 Å². The Balaban J connectivity index is 1.93. The summed E-state index contributed by atoms with van der Waals surface area (Å²) in [7, 11) is 0. The third-order valence-corrected chi connectivity index (χ3v) is 3.21. The van der Waals surface area contributed by atoms with Crippen LogP contribution in [0.1, 0.15) is 46.0 Å². The maximum atomic E-state index is 11.6. The van der Waals surface area contributed by atoms with Crippen molar-refractivity contribution in [3.63, 3.8) is 0 Å². The zero-order valence-electron chi connectivity index (χ0n) is 11.7. The summed E-state index contributed by atoms with van der Waals surface area (Å²) in [6.45, 7) is 7.20. The van der Waals surface area contributed by atoms with Crippen LogP contribution in [0.15, 0.2) is 0 Å². The molecule has 0 spiro atoms. The summed E-state index contributed by atoms with van der Waals surface area (Å²) in [6.07, 6.45) is 5.02. The van der Waals surface area contributed by atoms with Crippen LogP contribution in [0.2, 0.25) is 0 Å². The average molecular weight is 257 g/mol. The molecule has 1 fully saturated rings. The second kappa shape index (κ2) is 9.34. The van der Waals surface area contributed by atoms with Gasteiger partial charge in [-0.1, -0.05) is 0 Å². The number of ether oxygens (including phenoxy) is 2. The monoisotopic (exact) mass is 257 g/mol. The third-order valence-electron chi connectivity index (χ3n) is 3.21. The molecule has 0 bridgehead atoms. The van der Waals surface area contributed by atoms with E-state index in [0.717, 1.165) is 52.0 Å². The first-order valence-corrected chi connectivity index (χ1v) is 7.14. The predicted molar refractivity (Wildman–Crippen MR) is 71.5 cm³/mol. The van der Waals surface area contributed by atoms with Crippen molar-refractivity contribution in [2.24, 2.45) is 5.92 Å². The van der Waals surface area contributed by atoms with E-state index < -0.39 is 0 Å². The molecule has 0 unspecified atom stereocenters. The molecule has 1 rings (SSSR count). The highest BCUT2D eigenvalue weighted by molar-refractivity contribution is 5.75. The van der Waals surface area contributed by atoms with Gasteiger partial charge >= 0.3 is 0 Å². The Morgan fingerprint density at radius 2 is 2.11 bits per heavy atom. The average Bonchev–Trinajstić information content (AvgIpc) is 2.37. The molecule has 106 valence electrons. The van der Waals surface area contributed by atoms with Crippen LogP contribution in [-0.2, 0) is 14.3 Å². The zero-order valence-corrected chi connectivity index (χ0v) is 11.7. The minimum atomic E-state index is 0.172. The highest BCUT2D eigenvalue weighted by Gasteiger charge is 2.14. The quantitative estimate of drug-likeness (QED) is 0.678. The maximum Gasteiger partial charge on any atom is 0.220 e. The van der Waals surface area contributed by atoms with Crippen molar-refractivity contribution in [3.8, 4) is 0 Å². The molecule has 4 nitrogen and oxygen atoms in total. The summed E-state index contributed by atoms with van der Waals surface area (Å²) in [6, 6.07) is 0. The molecule has 1 aliphatic heterocycles. The van der Waals surface area contributed by atoms with Crippen molar-refractivity contribution in [2.45, 2.75) is 52.1 Å². The number of hydrogen-bond donors (Lipinski definition) is 1. The second-order valence-corrected chi connectivity index (χ2v) is 5.22. The van der Waals surface area contributed by atoms with Crippen LogP contribution in [0.25, 0.3) is 0 Å². The van der Waals surface area contributed by atoms with Gasteiger partial charge in [0.05, 0.1) is 6.10 Å². The topological polar surface area (TPSA) is 47.6 Å². The van der Waals surface area contributed by atoms with Crippen molar-refractivity contribution in [1.29, 1.82) is 0 Å². The first kappa shape index (κ1) is 15.4. The number of carbonyl (C=O) groups is 1. The van der Waals surface area contributed by atoms with E-state index in [1.807, 2.05) is 13.8 Å². The molecule has 0 aromatic carbocycles. The number of amides is 1. The Morgan fingerprint density at radius 3 is 2.78 bits per heavy atom. The van der Waals surface area contributed by atoms with Crippen LogP contribution in [0.4, 0.5) is 0 Å². The van der Waals surface area contributed by atoms with Gasteiger partial charge in [-0.15, -0.1) is 0 Å². The third kappa shape index (κ3) is 7.67. The van der Waals surface area contributed by atoms with E-state index in [-0.39, 0.29) is 12.0 Å². The molecule has 1 N–H and O–H groups in total. The Kier molecular flexibility index (Phi) is 8.01. The van der Waals surface area contributed by atoms with Gasteiger partial charge in [-0.25, -0.2) is 0 Å². The van der Waals surface area contributed by atoms with Gasteiger partial charge in [0.25, 0.3) is 0 Å². The lowest BCUT2D eigenvalue weighted by molar-refractivity contribution is -0.121. The van der Waals surface area contributed by atoms with Crippen molar-refractivity contribution < 1.29 is 14.3 Å². The summed E-state index contributed by atoms with van der Waals surface area (Å²) in [5.41, 5.74) is 0. The van der Waals surface area contributed by atoms with Crippen molar-refractivity contribution in [2.75, 3.05) is 26.4 Å². The van der Waals surface area contributed by atoms with E-state index in [0.29, 0.717) is 12.3 Å². The largest absolute Gasteiger partial charge is 0.381 e. The molecule has 0 radical (unpaired) electrons. The summed E-state index contributed by atoms with van der Waals surface area (Å²) in [5, 5.41) is 2.95. The van der Waals surface area contributed by atoms with Gasteiger partial charge in [0.15, 0.2) is 0 Å². The molecule has 0 aromatic heterocycles. The molecular formula is C14H27NO3. The fourth-order valence-electron chi connectivity index (χ4n) is 2.08. The van der Waals surface area contributed by atoms with E-state index in [2.05, 4.69) is 5.32 Å². The molecule has 0 atom stereocenters. The van der Waals surface area contributed by atoms with Crippen molar-refractivity contribution >= 4 is 5.91 Å². The number of hydrogen-bond acceptors (Lipinski definition) is 3. The van der Waals surface area contributed by atoms with Gasteiger partial charge in [0.1, 0.15) is 0 Å². The van der Waals surface area contributed by atoms with E-state index >= 15 is 0 Å². The van der Waals surface area contributed by atoms with Crippen LogP contribution in [0, 0.1) is 5.92 Å². The van der Waals surface area contributed by atoms with E-state index in [1.54, 1.807) is 0 Å². The predicted octanol–water partition coefficient (Wildman–Crippen LogP) is 2.12. The molecule has 18 heavy (non-hydrogen) atoms. The van der Waals surface area contributed by atoms with E-state index in [4.69, 9.17) is 9.47 Å². The zero-order chi connectivity index (χ0) is 13.2. The highest BCUT2D eigenvalue weighted by Crippen LogP contribution is 2.19. The van der Waals surface area contributed by atoms with Crippen molar-refractivity contribution in [1.82, 2.24) is 5.32 Å². The molecule has 1 aliphatic rings. The molecule has 1 heterocycles. The molecule has 0 aromatic rings. The maximum absolute atomic E-state index is 11.6. The molecule has 0 saturated carbocycles. The summed E-state index contributed by atoms with van der Waals surface area (Å²) < 4.78 is 10.7. The Labute approximate surface area is 110 Å². The van der Waals surface area contributed by atoms with Crippen LogP contribution in [0.3, 0.4) is 0 Å². The lowest BCUT2D eigenvalue weighted by Crippen LogP contribution is -2.26. The molecule has 0 aliphatic carbocycles. The van der Waals surface area contributed by atoms with Crippen LogP contribution < -0.4 is 5.32 Å². The number of carbonyl (C=O) groups excluding carboxylic acids is 1. The normalized spacial score (nSPS) is 17.1. The lowest BCUT2D eigenvalue weighted by Gasteiger charge is -2.21. The Bertz CT molecular complexity index is 225. The van der Waals surface area contributed by atoms with Gasteiger partial charge < -0.3 is 14.8 Å². The standard InChI is InChI=1S/C14H27NO3/c1-12(2)18-9-3-8-15-14(16)5-4-13-6-10-17-11-7-13/h12-13H,3-11H2,1-2H3,(H,15,16). The fraction of sp³-hybridized carbons (Fsp3) is 0.929. The van der Waals surface area contributed by atoms with Gasteiger partial charge in [-0.2, -0.15) is 0 Å². The summed E-state index contributed by atoms with van der Waals surface area (Å²) in [4.78, 5) is 11.6. The minimum absolute atomic E-state index is 0.172. The van der Waals surface area contributed by atoms with Gasteiger partial charge in [0, 0.05) is 32.8 Å². The SMILES string of the molecule is CC(C)OCCCNC(=O)CCC1CCOCC1.